The first kappa shape index (κ1) is 27.6. The molecule has 0 unspecified atom stereocenters. The van der Waals surface area contributed by atoms with E-state index in [0.29, 0.717) is 29.2 Å². The normalized spacial score (nSPS) is 12.1. The van der Waals surface area contributed by atoms with E-state index in [0.717, 1.165) is 11.1 Å². The summed E-state index contributed by atoms with van der Waals surface area (Å²) in [6.07, 6.45) is 0. The smallest absolute Gasteiger partial charge is 0.247 e. The molecule has 0 aliphatic heterocycles. The van der Waals surface area contributed by atoms with Crippen LogP contribution in [0.4, 0.5) is 0 Å². The molecular weight excluding hydrogens is 494 g/mol. The molecule has 1 heterocycles. The number of benzene rings is 3. The van der Waals surface area contributed by atoms with Crippen molar-refractivity contribution in [3.63, 3.8) is 0 Å². The van der Waals surface area contributed by atoms with Crippen molar-refractivity contribution in [3.8, 4) is 11.5 Å². The van der Waals surface area contributed by atoms with Crippen LogP contribution in [0.15, 0.2) is 72.8 Å². The quantitative estimate of drug-likeness (QED) is 0.324. The van der Waals surface area contributed by atoms with E-state index in [4.69, 9.17) is 9.47 Å². The number of carbonyl (C=O) groups is 2. The predicted octanol–water partition coefficient (Wildman–Crippen LogP) is 4.52. The Morgan fingerprint density at radius 1 is 1.00 bits per heavy atom. The van der Waals surface area contributed by atoms with Crippen LogP contribution >= 0.6 is 0 Å². The predicted molar refractivity (Wildman–Crippen MR) is 149 cm³/mol. The topological polar surface area (TPSA) is 98.6 Å². The van der Waals surface area contributed by atoms with Crippen molar-refractivity contribution in [1.29, 1.82) is 0 Å². The highest BCUT2D eigenvalue weighted by molar-refractivity contribution is 5.89. The summed E-state index contributed by atoms with van der Waals surface area (Å²) >= 11 is 0. The van der Waals surface area contributed by atoms with Crippen molar-refractivity contribution in [2.24, 2.45) is 0 Å². The molecule has 0 fully saturated rings. The van der Waals surface area contributed by atoms with Crippen molar-refractivity contribution in [3.05, 3.63) is 83.9 Å². The maximum atomic E-state index is 14.1. The van der Waals surface area contributed by atoms with E-state index in [-0.39, 0.29) is 24.9 Å². The summed E-state index contributed by atoms with van der Waals surface area (Å²) in [5.41, 5.74) is 2.40. The molecule has 3 aromatic carbocycles. The minimum Gasteiger partial charge on any atom is -0.493 e. The van der Waals surface area contributed by atoms with Gasteiger partial charge in [-0.3, -0.25) is 9.59 Å². The summed E-state index contributed by atoms with van der Waals surface area (Å²) in [6, 6.07) is 21.4. The number of aromatic nitrogens is 3. The molecule has 0 saturated carbocycles. The van der Waals surface area contributed by atoms with Crippen molar-refractivity contribution in [1.82, 2.24) is 25.2 Å². The minimum absolute atomic E-state index is 0.0825. The number of nitrogens with zero attached hydrogens (tertiary/aromatic N) is 4. The lowest BCUT2D eigenvalue weighted by molar-refractivity contribution is -0.142. The summed E-state index contributed by atoms with van der Waals surface area (Å²) < 4.78 is 12.8. The summed E-state index contributed by atoms with van der Waals surface area (Å²) in [5, 5.41) is 11.5. The van der Waals surface area contributed by atoms with Gasteiger partial charge in [0.1, 0.15) is 18.1 Å². The zero-order chi connectivity index (χ0) is 28.0. The second-order valence-corrected chi connectivity index (χ2v) is 10.2. The van der Waals surface area contributed by atoms with Gasteiger partial charge in [0.25, 0.3) is 0 Å². The van der Waals surface area contributed by atoms with Gasteiger partial charge in [0.15, 0.2) is 11.5 Å². The first-order chi connectivity index (χ1) is 18.7. The van der Waals surface area contributed by atoms with Gasteiger partial charge < -0.3 is 19.7 Å². The maximum absolute atomic E-state index is 14.1. The number of carbonyl (C=O) groups excluding carboxylic acids is 2. The molecule has 4 rings (SSSR count). The van der Waals surface area contributed by atoms with E-state index in [9.17, 15) is 9.59 Å². The number of hydrogen-bond acceptors (Lipinski definition) is 6. The average Bonchev–Trinajstić information content (AvgIpc) is 3.31. The van der Waals surface area contributed by atoms with Crippen molar-refractivity contribution < 1.29 is 19.1 Å². The Balaban J connectivity index is 1.80. The summed E-state index contributed by atoms with van der Waals surface area (Å²) in [7, 11) is 1.55. The van der Waals surface area contributed by atoms with Crippen molar-refractivity contribution in [2.75, 3.05) is 13.7 Å². The third kappa shape index (κ3) is 6.73. The van der Waals surface area contributed by atoms with Gasteiger partial charge in [0.2, 0.25) is 11.8 Å². The highest BCUT2D eigenvalue weighted by Crippen LogP contribution is 2.34. The molecule has 204 valence electrons. The molecule has 0 aliphatic rings. The molecule has 0 aliphatic carbocycles. The number of nitrogens with one attached hydrogen (secondary N) is 1. The van der Waals surface area contributed by atoms with Crippen molar-refractivity contribution >= 4 is 22.8 Å². The summed E-state index contributed by atoms with van der Waals surface area (Å²) in [6.45, 7) is 8.21. The Morgan fingerprint density at radius 2 is 1.72 bits per heavy atom. The molecule has 0 radical (unpaired) electrons. The molecule has 1 atom stereocenters. The molecule has 0 bridgehead atoms. The number of rotatable bonds is 10. The molecule has 9 nitrogen and oxygen atoms in total. The van der Waals surface area contributed by atoms with Gasteiger partial charge in [-0.05, 0) is 63.1 Å². The van der Waals surface area contributed by atoms with Crippen LogP contribution in [0.1, 0.15) is 44.9 Å². The number of amides is 2. The van der Waals surface area contributed by atoms with Gasteiger partial charge in [-0.25, -0.2) is 4.68 Å². The molecule has 0 saturated heterocycles. The van der Waals surface area contributed by atoms with Crippen molar-refractivity contribution in [2.45, 2.75) is 52.4 Å². The Hall–Kier alpha value is -4.40. The van der Waals surface area contributed by atoms with Gasteiger partial charge in [-0.1, -0.05) is 53.7 Å². The molecule has 39 heavy (non-hydrogen) atoms. The molecule has 1 aromatic heterocycles. The maximum Gasteiger partial charge on any atom is 0.247 e. The number of ether oxygens (including phenoxy) is 2. The monoisotopic (exact) mass is 529 g/mol. The molecule has 2 amide bonds. The van der Waals surface area contributed by atoms with E-state index in [2.05, 4.69) is 15.6 Å². The van der Waals surface area contributed by atoms with Crippen LogP contribution in [0, 0.1) is 0 Å². The molecule has 4 aromatic rings. The van der Waals surface area contributed by atoms with E-state index in [1.807, 2.05) is 82.3 Å². The first-order valence-electron chi connectivity index (χ1n) is 12.9. The Bertz CT molecular complexity index is 1430. The first-order valence-corrected chi connectivity index (χ1v) is 12.9. The number of methoxy groups -OCH3 is 1. The fraction of sp³-hybridized carbons (Fsp3) is 0.333. The van der Waals surface area contributed by atoms with E-state index in [1.165, 1.54) is 0 Å². The highest BCUT2D eigenvalue weighted by atomic mass is 16.5. The third-order valence-electron chi connectivity index (χ3n) is 6.08. The van der Waals surface area contributed by atoms with Crippen LogP contribution < -0.4 is 14.8 Å². The van der Waals surface area contributed by atoms with E-state index >= 15 is 0 Å². The average molecular weight is 530 g/mol. The fourth-order valence-corrected chi connectivity index (χ4v) is 4.40. The summed E-state index contributed by atoms with van der Waals surface area (Å²) in [4.78, 5) is 29.6. The molecule has 9 heteroatoms. The Morgan fingerprint density at radius 3 is 2.41 bits per heavy atom. The fourth-order valence-electron chi connectivity index (χ4n) is 4.40. The summed E-state index contributed by atoms with van der Waals surface area (Å²) in [5.74, 6) is 0.462. The molecular formula is C30H35N5O4. The van der Waals surface area contributed by atoms with Gasteiger partial charge in [0, 0.05) is 12.1 Å². The van der Waals surface area contributed by atoms with Crippen LogP contribution in [-0.4, -0.2) is 51.0 Å². The molecule has 1 N–H and O–H groups in total. The lowest BCUT2D eigenvalue weighted by atomic mass is 10.00. The van der Waals surface area contributed by atoms with Gasteiger partial charge in [-0.2, -0.15) is 0 Å². The van der Waals surface area contributed by atoms with E-state index < -0.39 is 11.6 Å². The van der Waals surface area contributed by atoms with Crippen LogP contribution in [0.2, 0.25) is 0 Å². The Kier molecular flexibility index (Phi) is 8.49. The highest BCUT2D eigenvalue weighted by Gasteiger charge is 2.34. The minimum atomic E-state index is -0.948. The van der Waals surface area contributed by atoms with Crippen LogP contribution in [0.3, 0.4) is 0 Å². The lowest BCUT2D eigenvalue weighted by Crippen LogP contribution is -2.49. The second-order valence-electron chi connectivity index (χ2n) is 10.2. The number of hydrogen-bond donors (Lipinski definition) is 1. The largest absolute Gasteiger partial charge is 0.493 e. The number of para-hydroxylation sites is 1. The second kappa shape index (κ2) is 12.0. The number of fused-ring (bicyclic) bond motifs is 1. The zero-order valence-corrected chi connectivity index (χ0v) is 23.0. The molecule has 0 spiro atoms. The van der Waals surface area contributed by atoms with E-state index in [1.54, 1.807) is 34.9 Å². The van der Waals surface area contributed by atoms with Crippen LogP contribution in [0.5, 0.6) is 11.5 Å². The standard InChI is InChI=1S/C30H35N5O4/c1-6-39-25-17-16-22(18-26(25)38-5)28(29(37)31-30(2,3)4)34(19-21-12-8-7-9-13-21)27(36)20-35-24-15-11-10-14-23(24)32-33-35/h7-18,28H,6,19-20H2,1-5H3,(H,31,37)/t28-/m1/s1. The lowest BCUT2D eigenvalue weighted by Gasteiger charge is -2.34. The zero-order valence-electron chi connectivity index (χ0n) is 23.0. The SMILES string of the molecule is CCOc1ccc([C@H](C(=O)NC(C)(C)C)N(Cc2ccccc2)C(=O)Cn2nnc3ccccc32)cc1OC. The third-order valence-corrected chi connectivity index (χ3v) is 6.08. The van der Waals surface area contributed by atoms with Crippen LogP contribution in [-0.2, 0) is 22.7 Å². The van der Waals surface area contributed by atoms with Gasteiger partial charge in [-0.15, -0.1) is 5.10 Å². The van der Waals surface area contributed by atoms with Gasteiger partial charge >= 0.3 is 0 Å². The Labute approximate surface area is 228 Å². The van der Waals surface area contributed by atoms with Crippen LogP contribution in [0.25, 0.3) is 11.0 Å². The van der Waals surface area contributed by atoms with Gasteiger partial charge in [0.05, 0.1) is 19.2 Å².